The zero-order valence-electron chi connectivity index (χ0n) is 59.4. The summed E-state index contributed by atoms with van der Waals surface area (Å²) < 4.78 is 119. The third kappa shape index (κ3) is 11.9. The van der Waals surface area contributed by atoms with E-state index in [-0.39, 0.29) is 30.4 Å². The lowest BCUT2D eigenvalue weighted by Crippen LogP contribution is -2.32. The highest BCUT2D eigenvalue weighted by atomic mass is 14.9. The number of hydrogen-bond donors (Lipinski definition) is 0. The second-order valence-electron chi connectivity index (χ2n) is 21.0. The van der Waals surface area contributed by atoms with Gasteiger partial charge in [-0.25, -0.2) is 18.3 Å². The van der Waals surface area contributed by atoms with Crippen molar-refractivity contribution in [1.29, 1.82) is 0 Å². The molecule has 380 valence electrons. The summed E-state index contributed by atoms with van der Waals surface area (Å²) in [6, 6.07) is 31.5. The molecule has 4 aromatic carbocycles. The van der Waals surface area contributed by atoms with Crippen LogP contribution in [-0.4, -0.2) is 0 Å². The maximum Gasteiger partial charge on any atom is 0.212 e. The number of benzene rings is 4. The van der Waals surface area contributed by atoms with Crippen LogP contribution in [0.15, 0.2) is 122 Å². The molecule has 0 amide bonds. The summed E-state index contributed by atoms with van der Waals surface area (Å²) in [4.78, 5) is 0. The van der Waals surface area contributed by atoms with Gasteiger partial charge in [0, 0.05) is 88.0 Å². The van der Waals surface area contributed by atoms with Gasteiger partial charge < -0.3 is 0 Å². The minimum Gasteiger partial charge on any atom is -0.201 e. The zero-order valence-corrected chi connectivity index (χ0v) is 45.4. The largest absolute Gasteiger partial charge is 0.212 e. The van der Waals surface area contributed by atoms with E-state index in [1.165, 1.54) is 95.3 Å². The van der Waals surface area contributed by atoms with E-state index in [0.717, 1.165) is 33.6 Å². The molecule has 12 rings (SSSR count). The lowest BCUT2D eigenvalue weighted by molar-refractivity contribution is -0.661. The Bertz CT molecular complexity index is 3990. The Hall–Kier alpha value is -6.52. The van der Waals surface area contributed by atoms with Crippen LogP contribution in [0.3, 0.4) is 0 Å². The number of pyridine rings is 4. The summed E-state index contributed by atoms with van der Waals surface area (Å²) in [7, 11) is 7.92. The highest BCUT2D eigenvalue weighted by Gasteiger charge is 2.24. The maximum atomic E-state index is 8.30. The molecule has 4 aromatic heterocycles. The van der Waals surface area contributed by atoms with Gasteiger partial charge in [-0.05, 0) is 214 Å². The molecule has 4 nitrogen and oxygen atoms in total. The van der Waals surface area contributed by atoms with Crippen LogP contribution in [0.2, 0.25) is 0 Å². The summed E-state index contributed by atoms with van der Waals surface area (Å²) in [6.07, 6.45) is 10.5. The number of rotatable bonds is 4. The zero-order chi connectivity index (χ0) is 64.4. The highest BCUT2D eigenvalue weighted by Crippen LogP contribution is 2.31. The van der Waals surface area contributed by atoms with Crippen molar-refractivity contribution in [2.24, 2.45) is 28.2 Å². The molecule has 74 heavy (non-hydrogen) atoms. The Morgan fingerprint density at radius 1 is 0.311 bits per heavy atom. The predicted octanol–water partition coefficient (Wildman–Crippen LogP) is 13.9. The smallest absolute Gasteiger partial charge is 0.201 e. The van der Waals surface area contributed by atoms with Gasteiger partial charge in [0.1, 0.15) is 28.2 Å². The fourth-order valence-electron chi connectivity index (χ4n) is 11.2. The van der Waals surface area contributed by atoms with Crippen molar-refractivity contribution >= 4 is 0 Å². The summed E-state index contributed by atoms with van der Waals surface area (Å²) in [5.74, 6) is 0. The Morgan fingerprint density at radius 2 is 0.608 bits per heavy atom. The van der Waals surface area contributed by atoms with Crippen LogP contribution in [0.25, 0.3) is 45.0 Å². The number of nitrogens with zero attached hydrogens (tertiary/aromatic N) is 4. The summed E-state index contributed by atoms with van der Waals surface area (Å²) in [6.45, 7) is 8.04. The van der Waals surface area contributed by atoms with Crippen molar-refractivity contribution in [3.05, 3.63) is 211 Å². The van der Waals surface area contributed by atoms with E-state index in [0.29, 0.717) is 22.3 Å². The average Bonchev–Trinajstić information content (AvgIpc) is 1.90. The molecule has 4 aliphatic rings. The molecule has 0 unspecified atom stereocenters. The Labute approximate surface area is 465 Å². The summed E-state index contributed by atoms with van der Waals surface area (Å²) in [5.41, 5.74) is 23.7. The van der Waals surface area contributed by atoms with Crippen LogP contribution in [0.5, 0.6) is 0 Å². The van der Waals surface area contributed by atoms with Gasteiger partial charge in [0.25, 0.3) is 0 Å². The molecule has 0 saturated carbocycles. The van der Waals surface area contributed by atoms with Crippen molar-refractivity contribution < 1.29 is 37.5 Å². The molecule has 0 atom stereocenters. The first kappa shape index (κ1) is 37.2. The molecule has 0 fully saturated rings. The molecule has 8 aromatic rings. The predicted molar refractivity (Wildman–Crippen MR) is 307 cm³/mol. The summed E-state index contributed by atoms with van der Waals surface area (Å²) >= 11 is 0. The van der Waals surface area contributed by atoms with Gasteiger partial charge in [0.2, 0.25) is 22.8 Å². The standard InChI is InChI=1S/2C18H22N.2C17H20N/c2*1-13-8-9-17(14(2)10-13)18-11-15-6-4-5-7-16(15)12-19(18)3;2*1-12-7-8-16(13(2)9-12)17-10-14-5-4-6-15(14)11-18(17)3/h2*8-12H,4-7H2,1-3H3;2*7-11H,4-6H2,1-3H3/q4*+1/i1D3,6D2,7D2;;1D3,5D2,6D2;. The minimum atomic E-state index is -2.17. The molecule has 4 heteroatoms. The highest BCUT2D eigenvalue weighted by molar-refractivity contribution is 5.65. The van der Waals surface area contributed by atoms with Crippen LogP contribution in [-0.2, 0) is 79.4 Å². The fourth-order valence-corrected chi connectivity index (χ4v) is 11.2. The quantitative estimate of drug-likeness (QED) is 0.156. The van der Waals surface area contributed by atoms with Gasteiger partial charge in [0.15, 0.2) is 24.8 Å². The van der Waals surface area contributed by atoms with Crippen LogP contribution in [0, 0.1) is 55.2 Å². The molecule has 0 radical (unpaired) electrons. The first-order valence-corrected chi connectivity index (χ1v) is 26.5. The molecule has 0 aliphatic heterocycles. The SMILES string of the molecule is Cc1ccc(-c2cc3c(c[n+]2C)CCC3)c(C)c1.Cc1ccc(-c2cc3c(c[n+]2C)CCCC3)c(C)c1.[2H]C([2H])([2H])c1ccc(-c2cc3c(c[n+]2C)C([2H])([2H])CC3([2H])[2H])c(C)c1.[2H]C([2H])([2H])c1ccc(-c2cc3c(c[n+]2C)C([2H])([2H])CCC3([2H])[2H])c(C)c1. The number of hydrogen-bond acceptors (Lipinski definition) is 0. The minimum absolute atomic E-state index is 0.136. The van der Waals surface area contributed by atoms with E-state index in [2.05, 4.69) is 112 Å². The second kappa shape index (κ2) is 22.9. The Balaban J connectivity index is 0.000000141. The van der Waals surface area contributed by atoms with Crippen LogP contribution >= 0.6 is 0 Å². The number of aromatic nitrogens is 4. The van der Waals surface area contributed by atoms with E-state index in [9.17, 15) is 0 Å². The third-order valence-electron chi connectivity index (χ3n) is 15.1. The van der Waals surface area contributed by atoms with Crippen molar-refractivity contribution in [1.82, 2.24) is 0 Å². The molecule has 0 spiro atoms. The topological polar surface area (TPSA) is 15.5 Å². The fraction of sp³-hybridized carbons (Fsp3) is 0.371. The Morgan fingerprint density at radius 3 is 1.01 bits per heavy atom. The average molecular weight is 996 g/mol. The molecule has 0 bridgehead atoms. The third-order valence-corrected chi connectivity index (χ3v) is 15.1. The summed E-state index contributed by atoms with van der Waals surface area (Å²) in [5, 5.41) is 0. The maximum absolute atomic E-state index is 8.30. The van der Waals surface area contributed by atoms with Crippen molar-refractivity contribution in [3.8, 4) is 45.0 Å². The van der Waals surface area contributed by atoms with Gasteiger partial charge in [-0.15, -0.1) is 0 Å². The number of aryl methyl sites for hydroxylation is 20. The first-order valence-electron chi connectivity index (χ1n) is 33.5. The molecule has 0 saturated heterocycles. The van der Waals surface area contributed by atoms with Gasteiger partial charge in [-0.3, -0.25) is 0 Å². The molecule has 4 aliphatic carbocycles. The Kier molecular flexibility index (Phi) is 11.5. The van der Waals surface area contributed by atoms with Gasteiger partial charge in [-0.2, -0.15) is 0 Å². The van der Waals surface area contributed by atoms with Crippen molar-refractivity contribution in [2.45, 2.75) is 145 Å². The van der Waals surface area contributed by atoms with Gasteiger partial charge in [0.05, 0.1) is 0 Å². The number of fused-ring (bicyclic) bond motifs is 4. The van der Waals surface area contributed by atoms with E-state index in [1.807, 2.05) is 13.8 Å². The molecule has 4 heterocycles. The van der Waals surface area contributed by atoms with E-state index in [4.69, 9.17) is 19.2 Å². The lowest BCUT2D eigenvalue weighted by atomic mass is 9.91. The van der Waals surface area contributed by atoms with E-state index >= 15 is 0 Å². The van der Waals surface area contributed by atoms with Crippen molar-refractivity contribution in [3.63, 3.8) is 0 Å². The van der Waals surface area contributed by atoms with E-state index in [1.54, 1.807) is 101 Å². The monoisotopic (exact) mass is 995 g/mol. The normalized spacial score (nSPS) is 19.9. The molecular formula is C70H84N4+4. The van der Waals surface area contributed by atoms with Gasteiger partial charge in [-0.1, -0.05) is 70.8 Å². The van der Waals surface area contributed by atoms with Crippen LogP contribution in [0.4, 0.5) is 0 Å². The van der Waals surface area contributed by atoms with Crippen LogP contribution in [0.1, 0.15) is 147 Å². The van der Waals surface area contributed by atoms with Crippen LogP contribution < -0.4 is 18.3 Å². The van der Waals surface area contributed by atoms with E-state index < -0.39 is 39.2 Å². The van der Waals surface area contributed by atoms with Gasteiger partial charge >= 0.3 is 0 Å². The second-order valence-corrected chi connectivity index (χ2v) is 21.0. The van der Waals surface area contributed by atoms with Crippen molar-refractivity contribution in [2.75, 3.05) is 0 Å². The lowest BCUT2D eigenvalue weighted by Gasteiger charge is -2.15. The first-order chi connectivity index (χ1) is 41.0. The molecule has 0 N–H and O–H groups in total. The molecular weight excluding hydrogens is 897 g/mol.